The van der Waals surface area contributed by atoms with Crippen molar-refractivity contribution >= 4 is 39.1 Å². The predicted octanol–water partition coefficient (Wildman–Crippen LogP) is 5.47. The second-order valence-electron chi connectivity index (χ2n) is 3.77. The van der Waals surface area contributed by atoms with Gasteiger partial charge in [-0.05, 0) is 17.7 Å². The number of hydrogen-bond acceptors (Lipinski definition) is 1. The molecule has 0 saturated carbocycles. The van der Waals surface area contributed by atoms with Crippen LogP contribution in [0.3, 0.4) is 0 Å². The van der Waals surface area contributed by atoms with Crippen molar-refractivity contribution in [3.05, 3.63) is 63.6 Å². The largest absolute Gasteiger partial charge is 0.488 e. The molecule has 0 spiro atoms. The average molecular weight is 346 g/mol. The van der Waals surface area contributed by atoms with Crippen molar-refractivity contribution in [1.29, 1.82) is 0 Å². The highest BCUT2D eigenvalue weighted by Crippen LogP contribution is 2.33. The minimum Gasteiger partial charge on any atom is -0.488 e. The van der Waals surface area contributed by atoms with E-state index >= 15 is 0 Å². The van der Waals surface area contributed by atoms with Crippen LogP contribution in [0.4, 0.5) is 0 Å². The Kier molecular flexibility index (Phi) is 4.93. The summed E-state index contributed by atoms with van der Waals surface area (Å²) in [5.41, 5.74) is 2.02. The van der Waals surface area contributed by atoms with E-state index in [0.717, 1.165) is 11.1 Å². The first-order valence-electron chi connectivity index (χ1n) is 5.41. The van der Waals surface area contributed by atoms with Crippen molar-refractivity contribution in [3.63, 3.8) is 0 Å². The van der Waals surface area contributed by atoms with Crippen LogP contribution >= 0.6 is 39.1 Å². The summed E-state index contributed by atoms with van der Waals surface area (Å²) < 4.78 is 5.78. The molecule has 0 aromatic heterocycles. The number of alkyl halides is 1. The van der Waals surface area contributed by atoms with Gasteiger partial charge in [0.2, 0.25) is 0 Å². The van der Waals surface area contributed by atoms with Crippen LogP contribution in [0.2, 0.25) is 10.0 Å². The second-order valence-corrected chi connectivity index (χ2v) is 5.18. The number of rotatable bonds is 4. The summed E-state index contributed by atoms with van der Waals surface area (Å²) in [6, 6.07) is 13.5. The summed E-state index contributed by atoms with van der Waals surface area (Å²) in [5, 5.41) is 1.82. The minimum atomic E-state index is 0.498. The first-order chi connectivity index (χ1) is 8.70. The first kappa shape index (κ1) is 13.7. The minimum absolute atomic E-state index is 0.498. The van der Waals surface area contributed by atoms with Gasteiger partial charge in [-0.3, -0.25) is 0 Å². The van der Waals surface area contributed by atoms with Gasteiger partial charge in [0.15, 0.2) is 0 Å². The standard InChI is InChI=1S/C14H11BrCl2O/c15-8-12-13(17)6-11(16)7-14(12)18-9-10-4-2-1-3-5-10/h1-7H,8-9H2. The third-order valence-electron chi connectivity index (χ3n) is 2.49. The van der Waals surface area contributed by atoms with Crippen LogP contribution in [-0.4, -0.2) is 0 Å². The van der Waals surface area contributed by atoms with Crippen molar-refractivity contribution in [2.45, 2.75) is 11.9 Å². The third-order valence-corrected chi connectivity index (χ3v) is 3.61. The Labute approximate surface area is 125 Å². The lowest BCUT2D eigenvalue weighted by molar-refractivity contribution is 0.304. The fourth-order valence-corrected chi connectivity index (χ4v) is 2.86. The Hall–Kier alpha value is -0.700. The van der Waals surface area contributed by atoms with E-state index in [1.54, 1.807) is 12.1 Å². The van der Waals surface area contributed by atoms with Gasteiger partial charge < -0.3 is 4.74 Å². The highest BCUT2D eigenvalue weighted by atomic mass is 79.9. The highest BCUT2D eigenvalue weighted by molar-refractivity contribution is 9.08. The van der Waals surface area contributed by atoms with Gasteiger partial charge >= 0.3 is 0 Å². The van der Waals surface area contributed by atoms with Crippen LogP contribution in [0.1, 0.15) is 11.1 Å². The number of benzene rings is 2. The topological polar surface area (TPSA) is 9.23 Å². The van der Waals surface area contributed by atoms with Crippen LogP contribution in [0.15, 0.2) is 42.5 Å². The van der Waals surface area contributed by atoms with Crippen molar-refractivity contribution in [2.24, 2.45) is 0 Å². The van der Waals surface area contributed by atoms with Crippen LogP contribution in [0.5, 0.6) is 5.75 Å². The molecule has 0 N–H and O–H groups in total. The molecule has 0 saturated heterocycles. The van der Waals surface area contributed by atoms with Gasteiger partial charge in [0.25, 0.3) is 0 Å². The van der Waals surface area contributed by atoms with E-state index in [9.17, 15) is 0 Å². The van der Waals surface area contributed by atoms with Crippen LogP contribution in [-0.2, 0) is 11.9 Å². The van der Waals surface area contributed by atoms with Crippen molar-refractivity contribution in [3.8, 4) is 5.75 Å². The quantitative estimate of drug-likeness (QED) is 0.668. The molecule has 2 aromatic rings. The van der Waals surface area contributed by atoms with Gasteiger partial charge in [0, 0.05) is 20.9 Å². The predicted molar refractivity (Wildman–Crippen MR) is 79.9 cm³/mol. The lowest BCUT2D eigenvalue weighted by atomic mass is 10.2. The summed E-state index contributed by atoms with van der Waals surface area (Å²) in [6.45, 7) is 0.498. The smallest absolute Gasteiger partial charge is 0.126 e. The van der Waals surface area contributed by atoms with Gasteiger partial charge in [0.1, 0.15) is 12.4 Å². The number of hydrogen-bond donors (Lipinski definition) is 0. The molecule has 0 atom stereocenters. The Balaban J connectivity index is 2.18. The van der Waals surface area contributed by atoms with E-state index in [1.165, 1.54) is 0 Å². The van der Waals surface area contributed by atoms with E-state index < -0.39 is 0 Å². The lowest BCUT2D eigenvalue weighted by Gasteiger charge is -2.12. The molecule has 0 aliphatic rings. The van der Waals surface area contributed by atoms with Crippen LogP contribution in [0.25, 0.3) is 0 Å². The zero-order valence-electron chi connectivity index (χ0n) is 9.50. The molecule has 0 amide bonds. The van der Waals surface area contributed by atoms with Gasteiger partial charge in [-0.1, -0.05) is 69.5 Å². The zero-order chi connectivity index (χ0) is 13.0. The van der Waals surface area contributed by atoms with E-state index in [0.29, 0.717) is 27.7 Å². The summed E-state index contributed by atoms with van der Waals surface area (Å²) >= 11 is 15.5. The molecule has 0 aliphatic heterocycles. The molecule has 1 nitrogen and oxygen atoms in total. The monoisotopic (exact) mass is 344 g/mol. The maximum atomic E-state index is 6.12. The summed E-state index contributed by atoms with van der Waals surface area (Å²) in [7, 11) is 0. The highest BCUT2D eigenvalue weighted by Gasteiger charge is 2.09. The molecule has 2 rings (SSSR count). The third kappa shape index (κ3) is 3.41. The Morgan fingerprint density at radius 3 is 2.44 bits per heavy atom. The molecule has 0 heterocycles. The Morgan fingerprint density at radius 1 is 1.06 bits per heavy atom. The molecule has 0 fully saturated rings. The van der Waals surface area contributed by atoms with Crippen molar-refractivity contribution in [2.75, 3.05) is 0 Å². The molecular weight excluding hydrogens is 335 g/mol. The average Bonchev–Trinajstić information content (AvgIpc) is 2.37. The summed E-state index contributed by atoms with van der Waals surface area (Å²) in [6.07, 6.45) is 0. The molecule has 18 heavy (non-hydrogen) atoms. The SMILES string of the molecule is Clc1cc(Cl)c(CBr)c(OCc2ccccc2)c1. The van der Waals surface area contributed by atoms with Gasteiger partial charge in [0.05, 0.1) is 0 Å². The fraction of sp³-hybridized carbons (Fsp3) is 0.143. The maximum absolute atomic E-state index is 6.12. The van der Waals surface area contributed by atoms with E-state index in [-0.39, 0.29) is 0 Å². The van der Waals surface area contributed by atoms with E-state index in [2.05, 4.69) is 15.9 Å². The zero-order valence-corrected chi connectivity index (χ0v) is 12.6. The van der Waals surface area contributed by atoms with Gasteiger partial charge in [-0.2, -0.15) is 0 Å². The van der Waals surface area contributed by atoms with Gasteiger partial charge in [-0.25, -0.2) is 0 Å². The van der Waals surface area contributed by atoms with Crippen molar-refractivity contribution < 1.29 is 4.74 Å². The van der Waals surface area contributed by atoms with Crippen molar-refractivity contribution in [1.82, 2.24) is 0 Å². The summed E-state index contributed by atoms with van der Waals surface area (Å²) in [5.74, 6) is 0.716. The number of ether oxygens (including phenoxy) is 1. The maximum Gasteiger partial charge on any atom is 0.126 e. The molecule has 0 radical (unpaired) electrons. The second kappa shape index (κ2) is 6.46. The first-order valence-corrected chi connectivity index (χ1v) is 7.29. The van der Waals surface area contributed by atoms with E-state index in [4.69, 9.17) is 27.9 Å². The molecule has 94 valence electrons. The van der Waals surface area contributed by atoms with Crippen LogP contribution < -0.4 is 4.74 Å². The molecule has 2 aromatic carbocycles. The molecular formula is C14H11BrCl2O. The normalized spacial score (nSPS) is 10.4. The fourth-order valence-electron chi connectivity index (χ4n) is 1.57. The molecule has 0 bridgehead atoms. The lowest BCUT2D eigenvalue weighted by Crippen LogP contribution is -1.98. The Morgan fingerprint density at radius 2 is 1.78 bits per heavy atom. The van der Waals surface area contributed by atoms with Gasteiger partial charge in [-0.15, -0.1) is 0 Å². The van der Waals surface area contributed by atoms with E-state index in [1.807, 2.05) is 30.3 Å². The summed E-state index contributed by atoms with van der Waals surface area (Å²) in [4.78, 5) is 0. The molecule has 4 heteroatoms. The molecule has 0 unspecified atom stereocenters. The Bertz CT molecular complexity index is 529. The van der Waals surface area contributed by atoms with Crippen LogP contribution in [0, 0.1) is 0 Å². The molecule has 0 aliphatic carbocycles. The number of halogens is 3.